The number of amides is 1. The molecular formula is C16H24N2O. The molecule has 2 rings (SSSR count). The Kier molecular flexibility index (Phi) is 3.95. The first-order chi connectivity index (χ1) is 8.88. The van der Waals surface area contributed by atoms with Crippen molar-refractivity contribution in [1.29, 1.82) is 0 Å². The van der Waals surface area contributed by atoms with Gasteiger partial charge in [0.15, 0.2) is 0 Å². The molecule has 0 spiro atoms. The van der Waals surface area contributed by atoms with E-state index in [4.69, 9.17) is 0 Å². The van der Waals surface area contributed by atoms with Gasteiger partial charge in [-0.3, -0.25) is 4.79 Å². The zero-order valence-corrected chi connectivity index (χ0v) is 12.3. The summed E-state index contributed by atoms with van der Waals surface area (Å²) in [4.78, 5) is 11.8. The molecular weight excluding hydrogens is 236 g/mol. The van der Waals surface area contributed by atoms with Gasteiger partial charge in [-0.05, 0) is 29.0 Å². The monoisotopic (exact) mass is 260 g/mol. The number of hydrogen-bond acceptors (Lipinski definition) is 2. The number of nitrogens with one attached hydrogen (secondary N) is 2. The minimum Gasteiger partial charge on any atom is -0.352 e. The van der Waals surface area contributed by atoms with E-state index in [1.165, 1.54) is 16.7 Å². The highest BCUT2D eigenvalue weighted by molar-refractivity contribution is 5.80. The third-order valence-corrected chi connectivity index (χ3v) is 3.81. The molecule has 0 radical (unpaired) electrons. The highest BCUT2D eigenvalue weighted by Gasteiger charge is 2.24. The third kappa shape index (κ3) is 3.35. The zero-order valence-electron chi connectivity index (χ0n) is 12.3. The second kappa shape index (κ2) is 5.33. The molecule has 1 saturated heterocycles. The van der Waals surface area contributed by atoms with Crippen molar-refractivity contribution in [3.05, 3.63) is 34.9 Å². The van der Waals surface area contributed by atoms with Gasteiger partial charge in [0.2, 0.25) is 5.91 Å². The van der Waals surface area contributed by atoms with E-state index in [-0.39, 0.29) is 17.2 Å². The van der Waals surface area contributed by atoms with Crippen LogP contribution in [0.3, 0.4) is 0 Å². The maximum atomic E-state index is 11.8. The predicted molar refractivity (Wildman–Crippen MR) is 78.1 cm³/mol. The quantitative estimate of drug-likeness (QED) is 0.874. The van der Waals surface area contributed by atoms with Gasteiger partial charge in [-0.2, -0.15) is 0 Å². The fourth-order valence-corrected chi connectivity index (χ4v) is 2.16. The van der Waals surface area contributed by atoms with E-state index in [9.17, 15) is 4.79 Å². The summed E-state index contributed by atoms with van der Waals surface area (Å²) in [7, 11) is 0. The van der Waals surface area contributed by atoms with Crippen LogP contribution in [0.4, 0.5) is 0 Å². The third-order valence-electron chi connectivity index (χ3n) is 3.81. The van der Waals surface area contributed by atoms with E-state index in [2.05, 4.69) is 56.5 Å². The van der Waals surface area contributed by atoms with Crippen LogP contribution in [-0.2, 0) is 16.8 Å². The molecule has 0 aliphatic carbocycles. The van der Waals surface area contributed by atoms with Gasteiger partial charge in [0.1, 0.15) is 0 Å². The van der Waals surface area contributed by atoms with Crippen LogP contribution < -0.4 is 10.6 Å². The van der Waals surface area contributed by atoms with Gasteiger partial charge in [0, 0.05) is 19.6 Å². The summed E-state index contributed by atoms with van der Waals surface area (Å²) in [6.07, 6.45) is 0. The van der Waals surface area contributed by atoms with Crippen molar-refractivity contribution in [2.75, 3.05) is 13.1 Å². The van der Waals surface area contributed by atoms with E-state index in [1.807, 2.05) is 0 Å². The van der Waals surface area contributed by atoms with Crippen LogP contribution in [0.5, 0.6) is 0 Å². The second-order valence-electron chi connectivity index (χ2n) is 6.46. The molecule has 0 saturated carbocycles. The summed E-state index contributed by atoms with van der Waals surface area (Å²) in [6, 6.07) is 6.53. The molecule has 1 fully saturated rings. The average molecular weight is 260 g/mol. The lowest BCUT2D eigenvalue weighted by Crippen LogP contribution is -2.50. The van der Waals surface area contributed by atoms with Crippen molar-refractivity contribution in [2.45, 2.75) is 39.7 Å². The molecule has 3 heteroatoms. The van der Waals surface area contributed by atoms with Crippen LogP contribution in [0, 0.1) is 12.8 Å². The van der Waals surface area contributed by atoms with Crippen LogP contribution in [0.15, 0.2) is 18.2 Å². The Hall–Kier alpha value is -1.35. The largest absolute Gasteiger partial charge is 0.352 e. The van der Waals surface area contributed by atoms with E-state index >= 15 is 0 Å². The Morgan fingerprint density at radius 1 is 1.37 bits per heavy atom. The maximum Gasteiger partial charge on any atom is 0.225 e. The van der Waals surface area contributed by atoms with Crippen LogP contribution in [0.25, 0.3) is 0 Å². The normalized spacial score (nSPS) is 16.0. The Labute approximate surface area is 115 Å². The van der Waals surface area contributed by atoms with Crippen LogP contribution in [-0.4, -0.2) is 19.0 Å². The first kappa shape index (κ1) is 14.1. The highest BCUT2D eigenvalue weighted by atomic mass is 16.2. The summed E-state index contributed by atoms with van der Waals surface area (Å²) in [6.45, 7) is 11.0. The smallest absolute Gasteiger partial charge is 0.225 e. The number of benzene rings is 1. The molecule has 1 aliphatic heterocycles. The summed E-state index contributed by atoms with van der Waals surface area (Å²) >= 11 is 0. The van der Waals surface area contributed by atoms with Gasteiger partial charge < -0.3 is 10.6 Å². The molecule has 0 atom stereocenters. The lowest BCUT2D eigenvalue weighted by molar-refractivity contribution is -0.126. The van der Waals surface area contributed by atoms with Crippen LogP contribution in [0.1, 0.15) is 37.5 Å². The Bertz CT molecular complexity index is 470. The molecule has 0 unspecified atom stereocenters. The number of carbonyl (C=O) groups is 1. The molecule has 1 aliphatic rings. The molecule has 1 aromatic carbocycles. The van der Waals surface area contributed by atoms with Crippen LogP contribution >= 0.6 is 0 Å². The lowest BCUT2D eigenvalue weighted by atomic mass is 9.85. The van der Waals surface area contributed by atoms with E-state index in [0.29, 0.717) is 6.54 Å². The average Bonchev–Trinajstić information content (AvgIpc) is 2.23. The Morgan fingerprint density at radius 2 is 2.05 bits per heavy atom. The summed E-state index contributed by atoms with van der Waals surface area (Å²) in [5.74, 6) is 0.326. The molecule has 19 heavy (non-hydrogen) atoms. The van der Waals surface area contributed by atoms with Crippen molar-refractivity contribution in [3.8, 4) is 0 Å². The molecule has 1 heterocycles. The molecule has 104 valence electrons. The van der Waals surface area contributed by atoms with Crippen molar-refractivity contribution in [1.82, 2.24) is 10.6 Å². The topological polar surface area (TPSA) is 41.1 Å². The number of aryl methyl sites for hydroxylation is 1. The summed E-state index contributed by atoms with van der Waals surface area (Å²) in [5, 5.41) is 6.14. The van der Waals surface area contributed by atoms with Gasteiger partial charge >= 0.3 is 0 Å². The zero-order chi connectivity index (χ0) is 14.0. The molecule has 0 aromatic heterocycles. The van der Waals surface area contributed by atoms with Gasteiger partial charge in [-0.25, -0.2) is 0 Å². The molecule has 2 N–H and O–H groups in total. The SMILES string of the molecule is Cc1cc(C(C)(C)C)ccc1CNC(=O)C1CNC1. The molecule has 0 bridgehead atoms. The van der Waals surface area contributed by atoms with Crippen molar-refractivity contribution >= 4 is 5.91 Å². The molecule has 3 nitrogen and oxygen atoms in total. The van der Waals surface area contributed by atoms with E-state index in [1.54, 1.807) is 0 Å². The van der Waals surface area contributed by atoms with Gasteiger partial charge in [0.25, 0.3) is 0 Å². The highest BCUT2D eigenvalue weighted by Crippen LogP contribution is 2.24. The minimum atomic E-state index is 0.161. The number of hydrogen-bond donors (Lipinski definition) is 2. The Morgan fingerprint density at radius 3 is 2.53 bits per heavy atom. The van der Waals surface area contributed by atoms with E-state index in [0.717, 1.165) is 13.1 Å². The minimum absolute atomic E-state index is 0.161. The van der Waals surface area contributed by atoms with Crippen molar-refractivity contribution in [3.63, 3.8) is 0 Å². The van der Waals surface area contributed by atoms with Gasteiger partial charge in [-0.1, -0.05) is 39.0 Å². The van der Waals surface area contributed by atoms with Crippen molar-refractivity contribution in [2.24, 2.45) is 5.92 Å². The fraction of sp³-hybridized carbons (Fsp3) is 0.562. The van der Waals surface area contributed by atoms with Crippen molar-refractivity contribution < 1.29 is 4.79 Å². The van der Waals surface area contributed by atoms with Gasteiger partial charge in [0.05, 0.1) is 5.92 Å². The standard InChI is InChI=1S/C16H24N2O/c1-11-7-14(16(2,3)4)6-5-12(11)10-18-15(19)13-8-17-9-13/h5-7,13,17H,8-10H2,1-4H3,(H,18,19). The summed E-state index contributed by atoms with van der Waals surface area (Å²) < 4.78 is 0. The first-order valence-electron chi connectivity index (χ1n) is 6.96. The number of carbonyl (C=O) groups excluding carboxylic acids is 1. The van der Waals surface area contributed by atoms with Gasteiger partial charge in [-0.15, -0.1) is 0 Å². The second-order valence-corrected chi connectivity index (χ2v) is 6.46. The first-order valence-corrected chi connectivity index (χ1v) is 6.96. The summed E-state index contributed by atoms with van der Waals surface area (Å²) in [5.41, 5.74) is 3.96. The van der Waals surface area contributed by atoms with Crippen LogP contribution in [0.2, 0.25) is 0 Å². The molecule has 1 aromatic rings. The van der Waals surface area contributed by atoms with E-state index < -0.39 is 0 Å². The Balaban J connectivity index is 1.99. The predicted octanol–water partition coefficient (Wildman–Crippen LogP) is 2.13. The number of rotatable bonds is 3. The fourth-order valence-electron chi connectivity index (χ4n) is 2.16. The lowest BCUT2D eigenvalue weighted by Gasteiger charge is -2.26. The molecule has 1 amide bonds. The maximum absolute atomic E-state index is 11.8.